The van der Waals surface area contributed by atoms with E-state index < -0.39 is 16.1 Å². The Hall–Kier alpha value is -0.640. The van der Waals surface area contributed by atoms with Gasteiger partial charge in [0, 0.05) is 18.8 Å². The molecule has 0 radical (unpaired) electrons. The topological polar surface area (TPSA) is 63.4 Å². The van der Waals surface area contributed by atoms with E-state index in [4.69, 9.17) is 0 Å². The van der Waals surface area contributed by atoms with Crippen molar-refractivity contribution in [3.05, 3.63) is 10.1 Å². The number of nitro groups is 1. The summed E-state index contributed by atoms with van der Waals surface area (Å²) in [4.78, 5) is 9.83. The van der Waals surface area contributed by atoms with Crippen molar-refractivity contribution in [1.29, 1.82) is 0 Å². The smallest absolute Gasteiger partial charge is 0.244 e. The lowest BCUT2D eigenvalue weighted by atomic mass is 9.87. The van der Waals surface area contributed by atoms with Crippen LogP contribution in [-0.2, 0) is 0 Å². The molecule has 0 spiro atoms. The predicted molar refractivity (Wildman–Crippen MR) is 37.4 cm³/mol. The molecule has 0 aliphatic carbocycles. The highest BCUT2D eigenvalue weighted by Gasteiger charge is 2.46. The molecular weight excluding hydrogens is 134 g/mol. The van der Waals surface area contributed by atoms with E-state index in [1.807, 2.05) is 0 Å². The first-order chi connectivity index (χ1) is 4.19. The summed E-state index contributed by atoms with van der Waals surface area (Å²) in [5, 5.41) is 19.6. The second-order valence-corrected chi connectivity index (χ2v) is 3.38. The zero-order chi connectivity index (χ0) is 8.58. The first-order valence-corrected chi connectivity index (χ1v) is 3.06. The fourth-order valence-electron chi connectivity index (χ4n) is 0.223. The Labute approximate surface area is 60.0 Å². The fraction of sp³-hybridized carbons (Fsp3) is 1.00. The summed E-state index contributed by atoms with van der Waals surface area (Å²) in [7, 11) is 0. The van der Waals surface area contributed by atoms with E-state index in [1.54, 1.807) is 0 Å². The predicted octanol–water partition coefficient (Wildman–Crippen LogP) is 0.813. The molecule has 0 aromatic rings. The molecule has 4 heteroatoms. The lowest BCUT2D eigenvalue weighted by Crippen LogP contribution is -2.51. The van der Waals surface area contributed by atoms with Crippen molar-refractivity contribution < 1.29 is 10.0 Å². The molecular formula is C6H13NO3. The molecule has 0 atom stereocenters. The molecule has 4 nitrogen and oxygen atoms in total. The van der Waals surface area contributed by atoms with Crippen LogP contribution in [-0.4, -0.2) is 21.2 Å². The van der Waals surface area contributed by atoms with Gasteiger partial charge in [-0.05, 0) is 13.8 Å². The molecule has 0 aromatic carbocycles. The first-order valence-electron chi connectivity index (χ1n) is 3.06. The van der Waals surface area contributed by atoms with E-state index in [1.165, 1.54) is 27.7 Å². The Balaban J connectivity index is 4.57. The minimum Gasteiger partial charge on any atom is -0.383 e. The highest BCUT2D eigenvalue weighted by molar-refractivity contribution is 4.85. The molecule has 0 bridgehead atoms. The zero-order valence-electron chi connectivity index (χ0n) is 6.71. The molecule has 0 aliphatic heterocycles. The number of aliphatic hydroxyl groups is 1. The Kier molecular flexibility index (Phi) is 2.06. The monoisotopic (exact) mass is 147 g/mol. The maximum Gasteiger partial charge on any atom is 0.244 e. The van der Waals surface area contributed by atoms with Gasteiger partial charge in [-0.1, -0.05) is 0 Å². The molecule has 0 aliphatic rings. The highest BCUT2D eigenvalue weighted by atomic mass is 16.6. The average Bonchev–Trinajstić information content (AvgIpc) is 1.62. The van der Waals surface area contributed by atoms with Crippen LogP contribution in [0.4, 0.5) is 0 Å². The van der Waals surface area contributed by atoms with Gasteiger partial charge in [0.05, 0.1) is 0 Å². The maximum absolute atomic E-state index is 10.3. The molecule has 0 rings (SSSR count). The molecule has 0 aromatic heterocycles. The van der Waals surface area contributed by atoms with Gasteiger partial charge in [-0.15, -0.1) is 0 Å². The highest BCUT2D eigenvalue weighted by Crippen LogP contribution is 2.23. The molecule has 1 N–H and O–H groups in total. The molecule has 0 unspecified atom stereocenters. The Morgan fingerprint density at radius 1 is 1.30 bits per heavy atom. The van der Waals surface area contributed by atoms with E-state index in [9.17, 15) is 15.2 Å². The Bertz CT molecular complexity index is 146. The van der Waals surface area contributed by atoms with Gasteiger partial charge in [0.2, 0.25) is 5.54 Å². The number of hydrogen-bond donors (Lipinski definition) is 1. The zero-order valence-corrected chi connectivity index (χ0v) is 6.71. The molecule has 0 heterocycles. The van der Waals surface area contributed by atoms with Crippen molar-refractivity contribution in [1.82, 2.24) is 0 Å². The molecule has 60 valence electrons. The van der Waals surface area contributed by atoms with E-state index in [0.29, 0.717) is 0 Å². The van der Waals surface area contributed by atoms with Crippen molar-refractivity contribution >= 4 is 0 Å². The van der Waals surface area contributed by atoms with Crippen LogP contribution in [0, 0.1) is 10.1 Å². The fourth-order valence-corrected chi connectivity index (χ4v) is 0.223. The van der Waals surface area contributed by atoms with Crippen molar-refractivity contribution in [2.75, 3.05) is 0 Å². The van der Waals surface area contributed by atoms with Crippen LogP contribution >= 0.6 is 0 Å². The molecule has 0 saturated heterocycles. The summed E-state index contributed by atoms with van der Waals surface area (Å²) in [6.45, 7) is 5.64. The lowest BCUT2D eigenvalue weighted by molar-refractivity contribution is -0.583. The van der Waals surface area contributed by atoms with Gasteiger partial charge in [0.15, 0.2) is 0 Å². The van der Waals surface area contributed by atoms with Crippen molar-refractivity contribution in [3.8, 4) is 0 Å². The van der Waals surface area contributed by atoms with Crippen LogP contribution in [0.2, 0.25) is 0 Å². The van der Waals surface area contributed by atoms with Gasteiger partial charge in [0.25, 0.3) is 0 Å². The van der Waals surface area contributed by atoms with Crippen molar-refractivity contribution in [2.45, 2.75) is 38.8 Å². The van der Waals surface area contributed by atoms with Gasteiger partial charge in [0.1, 0.15) is 5.60 Å². The van der Waals surface area contributed by atoms with Gasteiger partial charge < -0.3 is 5.11 Å². The van der Waals surface area contributed by atoms with Crippen LogP contribution in [0.25, 0.3) is 0 Å². The Morgan fingerprint density at radius 3 is 1.60 bits per heavy atom. The summed E-state index contributed by atoms with van der Waals surface area (Å²) in [6, 6.07) is 0. The normalized spacial score (nSPS) is 13.3. The van der Waals surface area contributed by atoms with E-state index in [-0.39, 0.29) is 0 Å². The Morgan fingerprint density at radius 2 is 1.60 bits per heavy atom. The number of rotatable bonds is 2. The van der Waals surface area contributed by atoms with Crippen LogP contribution < -0.4 is 0 Å². The third-order valence-corrected chi connectivity index (χ3v) is 1.95. The van der Waals surface area contributed by atoms with Crippen LogP contribution in [0.3, 0.4) is 0 Å². The van der Waals surface area contributed by atoms with Crippen LogP contribution in [0.5, 0.6) is 0 Å². The van der Waals surface area contributed by atoms with Gasteiger partial charge >= 0.3 is 0 Å². The third kappa shape index (κ3) is 1.44. The van der Waals surface area contributed by atoms with E-state index in [2.05, 4.69) is 0 Å². The van der Waals surface area contributed by atoms with Gasteiger partial charge in [-0.3, -0.25) is 10.1 Å². The third-order valence-electron chi connectivity index (χ3n) is 1.95. The maximum atomic E-state index is 10.3. The van der Waals surface area contributed by atoms with Gasteiger partial charge in [-0.2, -0.15) is 0 Å². The molecule has 0 fully saturated rings. The second kappa shape index (κ2) is 2.20. The van der Waals surface area contributed by atoms with Crippen LogP contribution in [0.15, 0.2) is 0 Å². The summed E-state index contributed by atoms with van der Waals surface area (Å²) < 4.78 is 0. The number of nitrogens with zero attached hydrogens (tertiary/aromatic N) is 1. The SMILES string of the molecule is CC(C)(O)C(C)(C)[N+](=O)[O-]. The second-order valence-electron chi connectivity index (χ2n) is 3.38. The minimum atomic E-state index is -1.28. The summed E-state index contributed by atoms with van der Waals surface area (Å²) in [5.41, 5.74) is -2.57. The minimum absolute atomic E-state index is 0.479. The van der Waals surface area contributed by atoms with Crippen LogP contribution in [0.1, 0.15) is 27.7 Å². The largest absolute Gasteiger partial charge is 0.383 e. The molecule has 0 saturated carbocycles. The number of hydrogen-bond acceptors (Lipinski definition) is 3. The van der Waals surface area contributed by atoms with E-state index in [0.717, 1.165) is 0 Å². The van der Waals surface area contributed by atoms with Gasteiger partial charge in [-0.25, -0.2) is 0 Å². The summed E-state index contributed by atoms with van der Waals surface area (Å²) in [6.07, 6.45) is 0. The van der Waals surface area contributed by atoms with Crippen molar-refractivity contribution in [2.24, 2.45) is 0 Å². The quantitative estimate of drug-likeness (QED) is 0.464. The van der Waals surface area contributed by atoms with Crippen molar-refractivity contribution in [3.63, 3.8) is 0 Å². The summed E-state index contributed by atoms with van der Waals surface area (Å²) >= 11 is 0. The first kappa shape index (κ1) is 9.36. The average molecular weight is 147 g/mol. The lowest BCUT2D eigenvalue weighted by Gasteiger charge is -2.28. The molecule has 10 heavy (non-hydrogen) atoms. The van der Waals surface area contributed by atoms with E-state index >= 15 is 0 Å². The standard InChI is InChI=1S/C6H13NO3/c1-5(2,7(9)10)6(3,4)8/h8H,1-4H3. The molecule has 0 amide bonds. The summed E-state index contributed by atoms with van der Waals surface area (Å²) in [5.74, 6) is 0.